The number of hydrogen-bond donors (Lipinski definition) is 2. The van der Waals surface area contributed by atoms with Gasteiger partial charge < -0.3 is 10.6 Å². The maximum absolute atomic E-state index is 14.0. The van der Waals surface area contributed by atoms with Crippen molar-refractivity contribution < 1.29 is 49.4 Å². The van der Waals surface area contributed by atoms with Gasteiger partial charge in [0.15, 0.2) is 5.65 Å². The Morgan fingerprint density at radius 3 is 2.35 bits per heavy atom. The van der Waals surface area contributed by atoms with E-state index in [0.717, 1.165) is 23.9 Å². The second-order valence-electron chi connectivity index (χ2n) is 11.5. The number of carbonyl (C=O) groups is 2. The largest absolute Gasteiger partial charge is 0.522 e. The Morgan fingerprint density at radius 1 is 1.00 bits per heavy atom. The Hall–Kier alpha value is -3.90. The van der Waals surface area contributed by atoms with Gasteiger partial charge in [0.25, 0.3) is 5.91 Å². The molecule has 2 fully saturated rings. The second kappa shape index (κ2) is 13.1. The Kier molecular flexibility index (Phi) is 9.51. The van der Waals surface area contributed by atoms with Gasteiger partial charge in [-0.3, -0.25) is 14.3 Å². The third-order valence-electron chi connectivity index (χ3n) is 7.99. The third-order valence-corrected chi connectivity index (χ3v) is 7.99. The molecule has 2 aliphatic carbocycles. The van der Waals surface area contributed by atoms with Gasteiger partial charge >= 0.3 is 12.5 Å². The summed E-state index contributed by atoms with van der Waals surface area (Å²) in [5.41, 5.74) is 1.05. The lowest BCUT2D eigenvalue weighted by Crippen LogP contribution is -2.38. The van der Waals surface area contributed by atoms with Crippen LogP contribution in [0.1, 0.15) is 85.3 Å². The summed E-state index contributed by atoms with van der Waals surface area (Å²) in [6, 6.07) is 0.0862. The normalized spacial score (nSPS) is 18.8. The molecule has 0 aromatic carbocycles. The average molecular weight is 667 g/mol. The summed E-state index contributed by atoms with van der Waals surface area (Å²) < 4.78 is 109. The lowest BCUT2D eigenvalue weighted by molar-refractivity contribution is -0.325. The fourth-order valence-corrected chi connectivity index (χ4v) is 5.52. The number of ether oxygens (including phenoxy) is 1. The number of aromatic nitrogens is 6. The van der Waals surface area contributed by atoms with Crippen LogP contribution in [0.25, 0.3) is 5.65 Å². The molecule has 3 heterocycles. The van der Waals surface area contributed by atoms with Crippen molar-refractivity contribution in [2.24, 2.45) is 11.8 Å². The molecule has 0 spiro atoms. The van der Waals surface area contributed by atoms with Crippen LogP contribution in [0.15, 0.2) is 24.8 Å². The molecule has 2 amide bonds. The standard InChI is InChI=1S/C27H30F8N8O3/c28-25(29)6-3-16(4-7-25)22(41-24(45)23-36-14-38-42(23)9-10-46-27(33,34)35)18-13-43-19(39-18)11-17(12-37-43)21(15-1-2-15)40-20(44)5-8-26(30,31)32/h11-16,21-22H,1-10H2,(H,40,44)(H,41,45)/t21?,22-/m0/s1. The van der Waals surface area contributed by atoms with Gasteiger partial charge in [0.05, 0.1) is 49.7 Å². The summed E-state index contributed by atoms with van der Waals surface area (Å²) in [5.74, 6) is -5.27. The molecule has 252 valence electrons. The van der Waals surface area contributed by atoms with Crippen LogP contribution in [0.4, 0.5) is 35.1 Å². The molecule has 2 N–H and O–H groups in total. The summed E-state index contributed by atoms with van der Waals surface area (Å²) in [6.45, 7) is -1.28. The molecular formula is C27H30F8N8O3. The van der Waals surface area contributed by atoms with Gasteiger partial charge in [0.2, 0.25) is 17.7 Å². The van der Waals surface area contributed by atoms with Crippen LogP contribution >= 0.6 is 0 Å². The van der Waals surface area contributed by atoms with Crippen molar-refractivity contribution in [1.82, 2.24) is 40.0 Å². The van der Waals surface area contributed by atoms with E-state index in [-0.39, 0.29) is 35.9 Å². The molecule has 2 atom stereocenters. The smallest absolute Gasteiger partial charge is 0.349 e. The van der Waals surface area contributed by atoms with Crippen molar-refractivity contribution >= 4 is 17.5 Å². The number of amides is 2. The van der Waals surface area contributed by atoms with E-state index in [9.17, 15) is 44.7 Å². The zero-order chi connectivity index (χ0) is 33.3. The summed E-state index contributed by atoms with van der Waals surface area (Å²) in [6.07, 6.45) is -6.70. The molecule has 3 aromatic rings. The van der Waals surface area contributed by atoms with Crippen LogP contribution in [0.2, 0.25) is 0 Å². The Labute approximate surface area is 256 Å². The number of hydrogen-bond acceptors (Lipinski definition) is 7. The molecule has 0 bridgehead atoms. The van der Waals surface area contributed by atoms with Crippen LogP contribution in [0.3, 0.4) is 0 Å². The van der Waals surface area contributed by atoms with Crippen molar-refractivity contribution in [3.05, 3.63) is 41.9 Å². The number of imidazole rings is 1. The lowest BCUT2D eigenvalue weighted by atomic mass is 9.81. The predicted octanol–water partition coefficient (Wildman–Crippen LogP) is 5.06. The first kappa shape index (κ1) is 33.5. The van der Waals surface area contributed by atoms with E-state index < -0.39 is 87.1 Å². The van der Waals surface area contributed by atoms with E-state index in [4.69, 9.17) is 0 Å². The quantitative estimate of drug-likeness (QED) is 0.259. The fraction of sp³-hybridized carbons (Fsp3) is 0.630. The minimum atomic E-state index is -4.88. The molecular weight excluding hydrogens is 636 g/mol. The Morgan fingerprint density at radius 2 is 1.70 bits per heavy atom. The van der Waals surface area contributed by atoms with Crippen molar-refractivity contribution in [1.29, 1.82) is 0 Å². The number of carbonyl (C=O) groups excluding carboxylic acids is 2. The zero-order valence-corrected chi connectivity index (χ0v) is 24.1. The minimum Gasteiger partial charge on any atom is -0.349 e. The summed E-state index contributed by atoms with van der Waals surface area (Å²) in [4.78, 5) is 34.0. The number of nitrogens with zero attached hydrogens (tertiary/aromatic N) is 6. The minimum absolute atomic E-state index is 0.00310. The zero-order valence-electron chi connectivity index (χ0n) is 24.1. The highest BCUT2D eigenvalue weighted by atomic mass is 19.4. The Balaban J connectivity index is 1.37. The highest BCUT2D eigenvalue weighted by molar-refractivity contribution is 5.90. The summed E-state index contributed by atoms with van der Waals surface area (Å²) >= 11 is 0. The lowest BCUT2D eigenvalue weighted by Gasteiger charge is -2.33. The maximum Gasteiger partial charge on any atom is 0.522 e. The van der Waals surface area contributed by atoms with Gasteiger partial charge in [-0.25, -0.2) is 27.9 Å². The average Bonchev–Trinajstić information content (AvgIpc) is 3.54. The first-order valence-corrected chi connectivity index (χ1v) is 14.6. The number of halogens is 8. The van der Waals surface area contributed by atoms with Crippen LogP contribution in [-0.2, 0) is 16.1 Å². The van der Waals surface area contributed by atoms with Crippen molar-refractivity contribution in [2.45, 2.75) is 88.5 Å². The van der Waals surface area contributed by atoms with Crippen molar-refractivity contribution in [3.63, 3.8) is 0 Å². The highest BCUT2D eigenvalue weighted by Gasteiger charge is 2.40. The van der Waals surface area contributed by atoms with Gasteiger partial charge in [-0.2, -0.15) is 23.4 Å². The molecule has 3 aromatic heterocycles. The van der Waals surface area contributed by atoms with Crippen LogP contribution in [0.5, 0.6) is 0 Å². The van der Waals surface area contributed by atoms with Gasteiger partial charge in [-0.15, -0.1) is 13.2 Å². The van der Waals surface area contributed by atoms with E-state index in [2.05, 4.69) is 35.5 Å². The predicted molar refractivity (Wildman–Crippen MR) is 141 cm³/mol. The van der Waals surface area contributed by atoms with Gasteiger partial charge in [0.1, 0.15) is 6.33 Å². The number of nitrogens with one attached hydrogen (secondary N) is 2. The second-order valence-corrected chi connectivity index (χ2v) is 11.5. The van der Waals surface area contributed by atoms with E-state index in [1.54, 1.807) is 6.07 Å². The molecule has 11 nitrogen and oxygen atoms in total. The monoisotopic (exact) mass is 666 g/mol. The molecule has 2 saturated carbocycles. The molecule has 0 radical (unpaired) electrons. The highest BCUT2D eigenvalue weighted by Crippen LogP contribution is 2.43. The van der Waals surface area contributed by atoms with E-state index in [1.165, 1.54) is 16.9 Å². The number of rotatable bonds is 12. The third kappa shape index (κ3) is 8.88. The van der Waals surface area contributed by atoms with Crippen molar-refractivity contribution in [3.8, 4) is 0 Å². The van der Waals surface area contributed by atoms with Crippen LogP contribution < -0.4 is 10.6 Å². The first-order valence-electron chi connectivity index (χ1n) is 14.6. The molecule has 0 aliphatic heterocycles. The molecule has 19 heteroatoms. The number of fused-ring (bicyclic) bond motifs is 1. The van der Waals surface area contributed by atoms with E-state index in [1.807, 2.05) is 0 Å². The van der Waals surface area contributed by atoms with Crippen molar-refractivity contribution in [2.75, 3.05) is 6.61 Å². The van der Waals surface area contributed by atoms with Gasteiger partial charge in [0, 0.05) is 19.3 Å². The van der Waals surface area contributed by atoms with Gasteiger partial charge in [-0.1, -0.05) is 0 Å². The Bertz CT molecular complexity index is 1520. The molecule has 5 rings (SSSR count). The van der Waals surface area contributed by atoms with Crippen LogP contribution in [0, 0.1) is 11.8 Å². The van der Waals surface area contributed by atoms with Gasteiger partial charge in [-0.05, 0) is 49.1 Å². The maximum atomic E-state index is 14.0. The summed E-state index contributed by atoms with van der Waals surface area (Å²) in [5, 5.41) is 13.5. The SMILES string of the molecule is O=C(CCC(F)(F)F)NC(c1cnn2cc([C@@H](NC(=O)c3ncnn3CCOC(F)(F)F)C3CCC(F)(F)CC3)nc2c1)C1CC1. The topological polar surface area (TPSA) is 128 Å². The fourth-order valence-electron chi connectivity index (χ4n) is 5.52. The summed E-state index contributed by atoms with van der Waals surface area (Å²) in [7, 11) is 0. The van der Waals surface area contributed by atoms with Crippen LogP contribution in [-0.4, -0.2) is 66.2 Å². The first-order chi connectivity index (χ1) is 21.6. The van der Waals surface area contributed by atoms with E-state index in [0.29, 0.717) is 5.56 Å². The molecule has 1 unspecified atom stereocenters. The molecule has 46 heavy (non-hydrogen) atoms. The molecule has 0 saturated heterocycles. The number of alkyl halides is 8. The van der Waals surface area contributed by atoms with E-state index >= 15 is 0 Å². The molecule has 2 aliphatic rings.